The Hall–Kier alpha value is -2.50. The van der Waals surface area contributed by atoms with Crippen molar-refractivity contribution in [1.82, 2.24) is 10.8 Å². The van der Waals surface area contributed by atoms with Crippen LogP contribution >= 0.6 is 0 Å². The average molecular weight is 356 g/mol. The summed E-state index contributed by atoms with van der Waals surface area (Å²) in [4.78, 5) is 11.9. The molecule has 0 aliphatic heterocycles. The molecular formula is C21H25FN2O2. The highest BCUT2D eigenvalue weighted by Gasteiger charge is 2.38. The second kappa shape index (κ2) is 9.27. The summed E-state index contributed by atoms with van der Waals surface area (Å²) in [6.07, 6.45) is 3.80. The van der Waals surface area contributed by atoms with Gasteiger partial charge in [-0.2, -0.15) is 0 Å². The van der Waals surface area contributed by atoms with E-state index in [4.69, 9.17) is 5.21 Å². The van der Waals surface area contributed by atoms with Crippen LogP contribution in [0.5, 0.6) is 0 Å². The molecule has 2 atom stereocenters. The summed E-state index contributed by atoms with van der Waals surface area (Å²) >= 11 is 0. The van der Waals surface area contributed by atoms with E-state index in [9.17, 15) is 9.18 Å². The number of halogens is 1. The van der Waals surface area contributed by atoms with Crippen LogP contribution in [0, 0.1) is 5.92 Å². The van der Waals surface area contributed by atoms with Crippen molar-refractivity contribution in [3.8, 4) is 11.1 Å². The van der Waals surface area contributed by atoms with Crippen molar-refractivity contribution in [2.45, 2.75) is 19.4 Å². The molecule has 0 aromatic heterocycles. The Morgan fingerprint density at radius 3 is 2.35 bits per heavy atom. The first-order valence-electron chi connectivity index (χ1n) is 8.59. The highest BCUT2D eigenvalue weighted by atomic mass is 19.1. The number of carbonyl (C=O) groups excluding carboxylic acids is 1. The van der Waals surface area contributed by atoms with Crippen molar-refractivity contribution >= 4 is 12.0 Å². The lowest BCUT2D eigenvalue weighted by Crippen LogP contribution is -2.59. The van der Waals surface area contributed by atoms with Crippen molar-refractivity contribution in [2.75, 3.05) is 13.2 Å². The van der Waals surface area contributed by atoms with Gasteiger partial charge in [-0.15, -0.1) is 0 Å². The van der Waals surface area contributed by atoms with Crippen molar-refractivity contribution in [3.05, 3.63) is 66.2 Å². The summed E-state index contributed by atoms with van der Waals surface area (Å²) in [5.74, 6) is -1.23. The number of rotatable bonds is 8. The highest BCUT2D eigenvalue weighted by Crippen LogP contribution is 2.20. The summed E-state index contributed by atoms with van der Waals surface area (Å²) < 4.78 is 13.0. The Morgan fingerprint density at radius 1 is 1.15 bits per heavy atom. The van der Waals surface area contributed by atoms with E-state index >= 15 is 0 Å². The fraction of sp³-hybridized carbons (Fsp3) is 0.286. The minimum absolute atomic E-state index is 0.370. The lowest BCUT2D eigenvalue weighted by molar-refractivity contribution is -0.137. The Bertz CT molecular complexity index is 731. The number of hydrogen-bond acceptors (Lipinski definition) is 3. The molecule has 0 saturated heterocycles. The molecule has 1 unspecified atom stereocenters. The van der Waals surface area contributed by atoms with Gasteiger partial charge in [0.1, 0.15) is 5.54 Å². The largest absolute Gasteiger partial charge is 0.300 e. The summed E-state index contributed by atoms with van der Waals surface area (Å²) in [5.41, 5.74) is 3.75. The zero-order chi connectivity index (χ0) is 19.0. The van der Waals surface area contributed by atoms with E-state index in [1.165, 1.54) is 0 Å². The molecule has 3 N–H and O–H groups in total. The van der Waals surface area contributed by atoms with Crippen molar-refractivity contribution in [1.29, 1.82) is 0 Å². The summed E-state index contributed by atoms with van der Waals surface area (Å²) in [6, 6.07) is 18.3. The molecule has 0 fully saturated rings. The van der Waals surface area contributed by atoms with Crippen molar-refractivity contribution in [2.24, 2.45) is 5.92 Å². The molecule has 4 nitrogen and oxygen atoms in total. The molecule has 2 rings (SSSR count). The van der Waals surface area contributed by atoms with E-state index < -0.39 is 24.0 Å². The minimum atomic E-state index is -1.19. The molecule has 5 heteroatoms. The third kappa shape index (κ3) is 4.77. The predicted octanol–water partition coefficient (Wildman–Crippen LogP) is 3.83. The standard InChI is InChI=1S/C21H25FN2O2/c1-16(15-22)21(2,20(25)24-26)23-14-6-7-17-10-12-19(13-11-17)18-8-4-3-5-9-18/h3-13,16,23,26H,14-15H2,1-2H3,(H,24,25)/b7-6+/t16?,21-/m0/s1. The van der Waals surface area contributed by atoms with Gasteiger partial charge >= 0.3 is 0 Å². The quantitative estimate of drug-likeness (QED) is 0.498. The molecule has 0 radical (unpaired) electrons. The summed E-state index contributed by atoms with van der Waals surface area (Å²) in [6.45, 7) is 2.90. The van der Waals surface area contributed by atoms with Gasteiger partial charge in [-0.1, -0.05) is 73.7 Å². The number of hydrogen-bond donors (Lipinski definition) is 3. The van der Waals surface area contributed by atoms with E-state index in [-0.39, 0.29) is 0 Å². The highest BCUT2D eigenvalue weighted by molar-refractivity contribution is 5.85. The zero-order valence-electron chi connectivity index (χ0n) is 15.1. The second-order valence-electron chi connectivity index (χ2n) is 6.47. The van der Waals surface area contributed by atoms with Gasteiger partial charge in [0.15, 0.2) is 0 Å². The van der Waals surface area contributed by atoms with E-state index in [1.807, 2.05) is 42.5 Å². The number of hydroxylamine groups is 1. The van der Waals surface area contributed by atoms with Crippen LogP contribution in [-0.2, 0) is 4.79 Å². The first-order valence-corrected chi connectivity index (χ1v) is 8.59. The molecule has 0 spiro atoms. The van der Waals surface area contributed by atoms with E-state index in [0.717, 1.165) is 16.7 Å². The monoisotopic (exact) mass is 356 g/mol. The molecule has 0 aliphatic rings. The van der Waals surface area contributed by atoms with E-state index in [2.05, 4.69) is 29.6 Å². The Labute approximate surface area is 153 Å². The van der Waals surface area contributed by atoms with Crippen LogP contribution in [0.1, 0.15) is 19.4 Å². The molecule has 2 aromatic rings. The molecule has 138 valence electrons. The van der Waals surface area contributed by atoms with Crippen LogP contribution in [0.4, 0.5) is 4.39 Å². The van der Waals surface area contributed by atoms with Gasteiger partial charge in [-0.3, -0.25) is 19.7 Å². The predicted molar refractivity (Wildman–Crippen MR) is 102 cm³/mol. The molecule has 0 saturated carbocycles. The maximum absolute atomic E-state index is 13.0. The van der Waals surface area contributed by atoms with E-state index in [1.54, 1.807) is 19.3 Å². The Morgan fingerprint density at radius 2 is 1.77 bits per heavy atom. The zero-order valence-corrected chi connectivity index (χ0v) is 15.1. The molecule has 0 aliphatic carbocycles. The number of benzene rings is 2. The van der Waals surface area contributed by atoms with Crippen LogP contribution in [0.2, 0.25) is 0 Å². The molecule has 26 heavy (non-hydrogen) atoms. The lowest BCUT2D eigenvalue weighted by Gasteiger charge is -2.32. The molecule has 0 bridgehead atoms. The fourth-order valence-electron chi connectivity index (χ4n) is 2.63. The summed E-state index contributed by atoms with van der Waals surface area (Å²) in [7, 11) is 0. The van der Waals surface area contributed by atoms with Crippen LogP contribution in [0.25, 0.3) is 17.2 Å². The average Bonchev–Trinajstić information content (AvgIpc) is 2.70. The molecule has 0 heterocycles. The molecule has 2 aromatic carbocycles. The topological polar surface area (TPSA) is 61.4 Å². The lowest BCUT2D eigenvalue weighted by atomic mass is 9.87. The third-order valence-corrected chi connectivity index (χ3v) is 4.71. The first kappa shape index (κ1) is 19.8. The Balaban J connectivity index is 1.98. The maximum atomic E-state index is 13.0. The number of carbonyl (C=O) groups is 1. The van der Waals surface area contributed by atoms with Crippen LogP contribution < -0.4 is 10.8 Å². The maximum Gasteiger partial charge on any atom is 0.263 e. The van der Waals surface area contributed by atoms with Gasteiger partial charge in [0.25, 0.3) is 5.91 Å². The SMILES string of the molecule is CC(CF)[C@](C)(NC/C=C/c1ccc(-c2ccccc2)cc1)C(=O)NO. The van der Waals surface area contributed by atoms with Crippen LogP contribution in [0.15, 0.2) is 60.7 Å². The molecular weight excluding hydrogens is 331 g/mol. The number of amides is 1. The van der Waals surface area contributed by atoms with Crippen LogP contribution in [-0.4, -0.2) is 29.9 Å². The summed E-state index contributed by atoms with van der Waals surface area (Å²) in [5, 5.41) is 11.9. The van der Waals surface area contributed by atoms with Gasteiger partial charge < -0.3 is 0 Å². The molecule has 1 amide bonds. The minimum Gasteiger partial charge on any atom is -0.300 e. The van der Waals surface area contributed by atoms with Gasteiger partial charge in [0, 0.05) is 12.5 Å². The first-order chi connectivity index (χ1) is 12.5. The number of alkyl halides is 1. The van der Waals surface area contributed by atoms with Crippen molar-refractivity contribution < 1.29 is 14.4 Å². The van der Waals surface area contributed by atoms with Crippen molar-refractivity contribution in [3.63, 3.8) is 0 Å². The van der Waals surface area contributed by atoms with Gasteiger partial charge in [0.2, 0.25) is 0 Å². The van der Waals surface area contributed by atoms with Gasteiger partial charge in [-0.05, 0) is 23.6 Å². The second-order valence-corrected chi connectivity index (χ2v) is 6.47. The Kier molecular flexibility index (Phi) is 7.06. The normalized spacial score (nSPS) is 14.8. The number of nitrogens with one attached hydrogen (secondary N) is 2. The van der Waals surface area contributed by atoms with Crippen LogP contribution in [0.3, 0.4) is 0 Å². The smallest absolute Gasteiger partial charge is 0.263 e. The van der Waals surface area contributed by atoms with E-state index in [0.29, 0.717) is 6.54 Å². The fourth-order valence-corrected chi connectivity index (χ4v) is 2.63. The van der Waals surface area contributed by atoms with Gasteiger partial charge in [0.05, 0.1) is 6.67 Å². The third-order valence-electron chi connectivity index (χ3n) is 4.71. The van der Waals surface area contributed by atoms with Gasteiger partial charge in [-0.25, -0.2) is 5.48 Å².